The molecule has 0 aromatic heterocycles. The molecule has 22 heavy (non-hydrogen) atoms. The Hall–Kier alpha value is -1.38. The van der Waals surface area contributed by atoms with E-state index in [0.29, 0.717) is 0 Å². The van der Waals surface area contributed by atoms with Gasteiger partial charge in [-0.25, -0.2) is 4.99 Å². The van der Waals surface area contributed by atoms with Gasteiger partial charge in [0.15, 0.2) is 12.3 Å². The number of halogens is 1. The molecule has 1 atom stereocenters. The maximum Gasteiger partial charge on any atom is 0.173 e. The number of aliphatic hydroxyl groups is 1. The lowest BCUT2D eigenvalue weighted by Gasteiger charge is -2.04. The molecule has 2 nitrogen and oxygen atoms in total. The van der Waals surface area contributed by atoms with E-state index in [0.717, 1.165) is 25.7 Å². The third-order valence-corrected chi connectivity index (χ3v) is 3.21. The zero-order valence-electron chi connectivity index (χ0n) is 13.8. The van der Waals surface area contributed by atoms with Crippen LogP contribution >= 0.6 is 11.6 Å². The van der Waals surface area contributed by atoms with Crippen molar-refractivity contribution in [2.24, 2.45) is 0 Å². The standard InChI is InChI=1S/C18H25NO.CH3Cl/c1-3-5-12-18(15-20)19-14-17(9-4-2)13-16-10-7-6-8-11-16;1-2/h4,6-11,14,18,20H,2-3,5,12-13,15H2,1H3;1H3/p+1/b17-9-,19-14?;. The van der Waals surface area contributed by atoms with Gasteiger partial charge in [-0.2, -0.15) is 0 Å². The minimum Gasteiger partial charge on any atom is -0.389 e. The second-order valence-corrected chi connectivity index (χ2v) is 4.97. The fourth-order valence-electron chi connectivity index (χ4n) is 2.04. The van der Waals surface area contributed by atoms with Crippen LogP contribution in [-0.4, -0.2) is 30.4 Å². The van der Waals surface area contributed by atoms with Crippen LogP contribution in [0.3, 0.4) is 0 Å². The smallest absolute Gasteiger partial charge is 0.173 e. The number of unbranched alkanes of at least 4 members (excludes halogenated alkanes) is 1. The summed E-state index contributed by atoms with van der Waals surface area (Å²) in [5.41, 5.74) is 2.44. The number of hydrogen-bond donors (Lipinski definition) is 2. The average molecular weight is 323 g/mol. The first-order valence-electron chi connectivity index (χ1n) is 7.73. The van der Waals surface area contributed by atoms with Crippen LogP contribution in [0.1, 0.15) is 31.7 Å². The number of nitrogens with one attached hydrogen (secondary N) is 1. The molecule has 0 spiro atoms. The topological polar surface area (TPSA) is 34.2 Å². The highest BCUT2D eigenvalue weighted by Crippen LogP contribution is 2.05. The van der Waals surface area contributed by atoms with E-state index in [2.05, 4.69) is 42.2 Å². The normalized spacial score (nSPS) is 12.6. The zero-order chi connectivity index (χ0) is 16.6. The van der Waals surface area contributed by atoms with Crippen LogP contribution in [0.4, 0.5) is 0 Å². The van der Waals surface area contributed by atoms with Crippen molar-refractivity contribution >= 4 is 17.8 Å². The summed E-state index contributed by atoms with van der Waals surface area (Å²) in [6.45, 7) is 6.10. The minimum atomic E-state index is 0.138. The number of aliphatic hydroxyl groups excluding tert-OH is 1. The summed E-state index contributed by atoms with van der Waals surface area (Å²) in [5.74, 6) is 0. The van der Waals surface area contributed by atoms with E-state index in [9.17, 15) is 5.11 Å². The van der Waals surface area contributed by atoms with E-state index >= 15 is 0 Å². The van der Waals surface area contributed by atoms with E-state index < -0.39 is 0 Å². The molecule has 0 saturated carbocycles. The molecule has 1 aromatic rings. The van der Waals surface area contributed by atoms with Crippen molar-refractivity contribution in [2.45, 2.75) is 38.6 Å². The van der Waals surface area contributed by atoms with Gasteiger partial charge in [0.25, 0.3) is 0 Å². The van der Waals surface area contributed by atoms with Gasteiger partial charge in [-0.05, 0) is 12.0 Å². The Morgan fingerprint density at radius 1 is 1.32 bits per heavy atom. The molecule has 0 fully saturated rings. The van der Waals surface area contributed by atoms with Gasteiger partial charge in [-0.3, -0.25) is 0 Å². The van der Waals surface area contributed by atoms with Gasteiger partial charge in [0, 0.05) is 24.8 Å². The molecule has 0 bridgehead atoms. The third kappa shape index (κ3) is 9.54. The van der Waals surface area contributed by atoms with Gasteiger partial charge in [0.2, 0.25) is 0 Å². The van der Waals surface area contributed by atoms with Crippen molar-refractivity contribution in [3.63, 3.8) is 0 Å². The first kappa shape index (κ1) is 20.6. The minimum absolute atomic E-state index is 0.138. The predicted octanol–water partition coefficient (Wildman–Crippen LogP) is 2.90. The zero-order valence-corrected chi connectivity index (χ0v) is 14.5. The molecule has 0 saturated heterocycles. The highest BCUT2D eigenvalue weighted by atomic mass is 35.5. The summed E-state index contributed by atoms with van der Waals surface area (Å²) in [6.07, 6.45) is 11.4. The molecule has 0 amide bonds. The highest BCUT2D eigenvalue weighted by molar-refractivity contribution is 6.15. The van der Waals surface area contributed by atoms with Gasteiger partial charge in [-0.1, -0.05) is 62.4 Å². The Bertz CT molecular complexity index is 440. The number of benzene rings is 1. The van der Waals surface area contributed by atoms with Gasteiger partial charge < -0.3 is 5.11 Å². The van der Waals surface area contributed by atoms with Crippen LogP contribution in [0, 0.1) is 0 Å². The Balaban J connectivity index is 0.00000211. The lowest BCUT2D eigenvalue weighted by molar-refractivity contribution is -0.503. The van der Waals surface area contributed by atoms with Crippen LogP contribution in [0.15, 0.2) is 54.6 Å². The van der Waals surface area contributed by atoms with Crippen LogP contribution in [-0.2, 0) is 6.42 Å². The Labute approximate surface area is 140 Å². The first-order valence-corrected chi connectivity index (χ1v) is 8.49. The van der Waals surface area contributed by atoms with E-state index in [1.807, 2.05) is 30.5 Å². The van der Waals surface area contributed by atoms with Crippen molar-refractivity contribution in [1.29, 1.82) is 0 Å². The van der Waals surface area contributed by atoms with Crippen LogP contribution in [0.2, 0.25) is 0 Å². The number of hydrogen-bond acceptors (Lipinski definition) is 1. The third-order valence-electron chi connectivity index (χ3n) is 3.21. The molecule has 122 valence electrons. The quantitative estimate of drug-likeness (QED) is 0.409. The van der Waals surface area contributed by atoms with Crippen molar-refractivity contribution in [3.05, 3.63) is 60.2 Å². The molecular weight excluding hydrogens is 294 g/mol. The van der Waals surface area contributed by atoms with Crippen molar-refractivity contribution in [3.8, 4) is 0 Å². The van der Waals surface area contributed by atoms with Crippen LogP contribution < -0.4 is 4.99 Å². The summed E-state index contributed by atoms with van der Waals surface area (Å²) in [7, 11) is 0. The summed E-state index contributed by atoms with van der Waals surface area (Å²) >= 11 is 4.64. The van der Waals surface area contributed by atoms with Crippen LogP contribution in [0.25, 0.3) is 0 Å². The maximum atomic E-state index is 9.36. The SMILES string of the molecule is C=C/C=C(\C=[NH+]C(CO)CCCC)Cc1ccccc1.CCl. The second-order valence-electron chi connectivity index (χ2n) is 4.97. The van der Waals surface area contributed by atoms with Gasteiger partial charge in [0.1, 0.15) is 6.61 Å². The second kappa shape index (κ2) is 14.6. The molecule has 2 N–H and O–H groups in total. The Kier molecular flexibility index (Phi) is 13.6. The lowest BCUT2D eigenvalue weighted by Crippen LogP contribution is -2.78. The molecule has 1 unspecified atom stereocenters. The van der Waals surface area contributed by atoms with E-state index in [-0.39, 0.29) is 12.6 Å². The fourth-order valence-corrected chi connectivity index (χ4v) is 2.04. The Morgan fingerprint density at radius 2 is 2.00 bits per heavy atom. The van der Waals surface area contributed by atoms with Crippen molar-refractivity contribution < 1.29 is 10.1 Å². The first-order chi connectivity index (χ1) is 10.8. The monoisotopic (exact) mass is 322 g/mol. The van der Waals surface area contributed by atoms with Crippen molar-refractivity contribution in [1.82, 2.24) is 0 Å². The molecule has 0 radical (unpaired) electrons. The molecule has 0 aliphatic heterocycles. The summed E-state index contributed by atoms with van der Waals surface area (Å²) < 4.78 is 0. The average Bonchev–Trinajstić information content (AvgIpc) is 2.58. The molecule has 0 aliphatic carbocycles. The molecule has 0 aliphatic rings. The van der Waals surface area contributed by atoms with Gasteiger partial charge >= 0.3 is 0 Å². The molecular formula is C19H29ClNO+. The Morgan fingerprint density at radius 3 is 2.55 bits per heavy atom. The van der Waals surface area contributed by atoms with Gasteiger partial charge in [0.05, 0.1) is 0 Å². The molecule has 1 rings (SSSR count). The number of alkyl halides is 1. The van der Waals surface area contributed by atoms with Crippen LogP contribution in [0.5, 0.6) is 0 Å². The van der Waals surface area contributed by atoms with E-state index in [1.54, 1.807) is 6.08 Å². The highest BCUT2D eigenvalue weighted by Gasteiger charge is 2.09. The van der Waals surface area contributed by atoms with Crippen molar-refractivity contribution in [2.75, 3.05) is 13.0 Å². The summed E-state index contributed by atoms with van der Waals surface area (Å²) in [6, 6.07) is 10.5. The predicted molar refractivity (Wildman–Crippen MR) is 97.6 cm³/mol. The van der Waals surface area contributed by atoms with Gasteiger partial charge in [-0.15, -0.1) is 11.6 Å². The summed E-state index contributed by atoms with van der Waals surface area (Å²) in [5, 5.41) is 9.36. The number of rotatable bonds is 9. The van der Waals surface area contributed by atoms with E-state index in [1.165, 1.54) is 17.5 Å². The maximum absolute atomic E-state index is 9.36. The molecule has 0 heterocycles. The molecule has 3 heteroatoms. The molecule has 1 aromatic carbocycles. The summed E-state index contributed by atoms with van der Waals surface area (Å²) in [4.78, 5) is 3.32. The lowest BCUT2D eigenvalue weighted by atomic mass is 10.1. The fraction of sp³-hybridized carbons (Fsp3) is 0.421. The van der Waals surface area contributed by atoms with E-state index in [4.69, 9.17) is 0 Å². The largest absolute Gasteiger partial charge is 0.389 e. The number of allylic oxidation sites excluding steroid dienone is 3.